The Morgan fingerprint density at radius 1 is 1.00 bits per heavy atom. The fraction of sp³-hybridized carbons (Fsp3) is 0.381. The second-order valence-corrected chi connectivity index (χ2v) is 7.12. The van der Waals surface area contributed by atoms with Crippen molar-refractivity contribution in [3.05, 3.63) is 59.9 Å². The van der Waals surface area contributed by atoms with Crippen LogP contribution in [0.15, 0.2) is 48.8 Å². The van der Waals surface area contributed by atoms with Crippen LogP contribution >= 0.6 is 0 Å². The fourth-order valence-corrected chi connectivity index (χ4v) is 3.77. The summed E-state index contributed by atoms with van der Waals surface area (Å²) in [5.41, 5.74) is 2.74. The van der Waals surface area contributed by atoms with Crippen LogP contribution in [0, 0.1) is 0 Å². The van der Waals surface area contributed by atoms with Gasteiger partial charge in [0.25, 0.3) is 5.91 Å². The third kappa shape index (κ3) is 4.01. The monoisotopic (exact) mass is 364 g/mol. The Bertz CT molecular complexity index is 816. The molecule has 2 aliphatic rings. The van der Waals surface area contributed by atoms with Gasteiger partial charge in [-0.25, -0.2) is 0 Å². The van der Waals surface area contributed by atoms with E-state index in [1.165, 1.54) is 5.56 Å². The number of carbonyl (C=O) groups excluding carboxylic acids is 2. The molecule has 2 fully saturated rings. The van der Waals surface area contributed by atoms with Gasteiger partial charge >= 0.3 is 0 Å². The number of rotatable bonds is 4. The fourth-order valence-electron chi connectivity index (χ4n) is 3.77. The van der Waals surface area contributed by atoms with Gasteiger partial charge in [0, 0.05) is 69.3 Å². The van der Waals surface area contributed by atoms with Gasteiger partial charge in [-0.2, -0.15) is 0 Å². The number of amides is 2. The molecule has 0 unspecified atom stereocenters. The van der Waals surface area contributed by atoms with Crippen LogP contribution in [-0.2, 0) is 11.3 Å². The molecule has 3 heterocycles. The molecule has 6 heteroatoms. The zero-order valence-corrected chi connectivity index (χ0v) is 15.4. The summed E-state index contributed by atoms with van der Waals surface area (Å²) in [6.07, 6.45) is 5.11. The Balaban J connectivity index is 1.37. The first-order chi connectivity index (χ1) is 13.2. The van der Waals surface area contributed by atoms with Crippen molar-refractivity contribution in [2.45, 2.75) is 19.4 Å². The van der Waals surface area contributed by atoms with Crippen molar-refractivity contribution in [1.82, 2.24) is 14.8 Å². The molecule has 6 nitrogen and oxygen atoms in total. The lowest BCUT2D eigenvalue weighted by Crippen LogP contribution is -2.48. The zero-order valence-electron chi connectivity index (χ0n) is 15.4. The van der Waals surface area contributed by atoms with E-state index in [1.807, 2.05) is 53.7 Å². The van der Waals surface area contributed by atoms with Gasteiger partial charge in [-0.3, -0.25) is 19.5 Å². The molecule has 0 bridgehead atoms. The van der Waals surface area contributed by atoms with Gasteiger partial charge in [-0.15, -0.1) is 0 Å². The van der Waals surface area contributed by atoms with E-state index in [0.717, 1.165) is 51.4 Å². The standard InChI is InChI=1S/C21H24N4O2/c26-20-5-2-10-25(20)19-4-1-3-18(15-19)21(27)24-13-11-23(12-14-24)16-17-6-8-22-9-7-17/h1,3-4,6-9,15H,2,5,10-14,16H2. The number of carbonyl (C=O) groups is 2. The van der Waals surface area contributed by atoms with Crippen LogP contribution in [-0.4, -0.2) is 59.3 Å². The predicted octanol–water partition coefficient (Wildman–Crippen LogP) is 2.17. The number of hydrogen-bond acceptors (Lipinski definition) is 4. The number of nitrogens with zero attached hydrogens (tertiary/aromatic N) is 4. The van der Waals surface area contributed by atoms with Gasteiger partial charge in [-0.1, -0.05) is 6.07 Å². The van der Waals surface area contributed by atoms with Gasteiger partial charge in [-0.05, 0) is 42.3 Å². The van der Waals surface area contributed by atoms with E-state index in [-0.39, 0.29) is 11.8 Å². The van der Waals surface area contributed by atoms with Gasteiger partial charge in [0.2, 0.25) is 5.91 Å². The lowest BCUT2D eigenvalue weighted by atomic mass is 10.1. The second-order valence-electron chi connectivity index (χ2n) is 7.12. The smallest absolute Gasteiger partial charge is 0.254 e. The quantitative estimate of drug-likeness (QED) is 0.834. The van der Waals surface area contributed by atoms with E-state index < -0.39 is 0 Å². The highest BCUT2D eigenvalue weighted by Crippen LogP contribution is 2.23. The third-order valence-electron chi connectivity index (χ3n) is 5.29. The van der Waals surface area contributed by atoms with Gasteiger partial charge in [0.05, 0.1) is 0 Å². The van der Waals surface area contributed by atoms with E-state index in [4.69, 9.17) is 0 Å². The minimum absolute atomic E-state index is 0.0482. The Morgan fingerprint density at radius 3 is 2.48 bits per heavy atom. The summed E-state index contributed by atoms with van der Waals surface area (Å²) in [7, 11) is 0. The van der Waals surface area contributed by atoms with E-state index in [1.54, 1.807) is 4.90 Å². The Kier molecular flexibility index (Phi) is 5.16. The molecule has 2 aliphatic heterocycles. The van der Waals surface area contributed by atoms with Crippen molar-refractivity contribution in [2.75, 3.05) is 37.6 Å². The molecule has 140 valence electrons. The highest BCUT2D eigenvalue weighted by molar-refractivity contribution is 5.99. The molecule has 0 spiro atoms. The first-order valence-corrected chi connectivity index (χ1v) is 9.52. The molecule has 2 saturated heterocycles. The molecule has 0 atom stereocenters. The molecule has 0 aliphatic carbocycles. The Morgan fingerprint density at radius 2 is 1.78 bits per heavy atom. The van der Waals surface area contributed by atoms with Crippen LogP contribution in [0.25, 0.3) is 0 Å². The van der Waals surface area contributed by atoms with E-state index in [0.29, 0.717) is 12.0 Å². The van der Waals surface area contributed by atoms with Crippen LogP contribution in [0.2, 0.25) is 0 Å². The first kappa shape index (κ1) is 17.7. The summed E-state index contributed by atoms with van der Waals surface area (Å²) in [4.78, 5) is 35.0. The minimum Gasteiger partial charge on any atom is -0.336 e. The summed E-state index contributed by atoms with van der Waals surface area (Å²) < 4.78 is 0. The Hall–Kier alpha value is -2.73. The number of benzene rings is 1. The van der Waals surface area contributed by atoms with Crippen molar-refractivity contribution in [3.63, 3.8) is 0 Å². The van der Waals surface area contributed by atoms with Crippen molar-refractivity contribution in [1.29, 1.82) is 0 Å². The summed E-state index contributed by atoms with van der Waals surface area (Å²) in [5.74, 6) is 0.191. The molecule has 27 heavy (non-hydrogen) atoms. The molecule has 0 N–H and O–H groups in total. The summed E-state index contributed by atoms with van der Waals surface area (Å²) in [6, 6.07) is 11.5. The molecular formula is C21H24N4O2. The van der Waals surface area contributed by atoms with E-state index in [9.17, 15) is 9.59 Å². The second kappa shape index (κ2) is 7.88. The topological polar surface area (TPSA) is 56.8 Å². The van der Waals surface area contributed by atoms with Crippen LogP contribution < -0.4 is 4.90 Å². The first-order valence-electron chi connectivity index (χ1n) is 9.52. The number of hydrogen-bond donors (Lipinski definition) is 0. The van der Waals surface area contributed by atoms with Crippen molar-refractivity contribution >= 4 is 17.5 Å². The summed E-state index contributed by atoms with van der Waals surface area (Å²) in [5, 5.41) is 0. The molecule has 0 saturated carbocycles. The highest BCUT2D eigenvalue weighted by atomic mass is 16.2. The number of aromatic nitrogens is 1. The third-order valence-corrected chi connectivity index (χ3v) is 5.29. The van der Waals surface area contributed by atoms with Crippen molar-refractivity contribution in [3.8, 4) is 0 Å². The number of anilines is 1. The normalized spacial score (nSPS) is 18.1. The zero-order chi connectivity index (χ0) is 18.6. The molecule has 2 aromatic rings. The molecular weight excluding hydrogens is 340 g/mol. The highest BCUT2D eigenvalue weighted by Gasteiger charge is 2.25. The summed E-state index contributed by atoms with van der Waals surface area (Å²) in [6.45, 7) is 4.78. The average molecular weight is 364 g/mol. The van der Waals surface area contributed by atoms with Gasteiger partial charge < -0.3 is 9.80 Å². The maximum Gasteiger partial charge on any atom is 0.254 e. The van der Waals surface area contributed by atoms with Crippen LogP contribution in [0.3, 0.4) is 0 Å². The molecule has 1 aromatic carbocycles. The number of piperazine rings is 1. The van der Waals surface area contributed by atoms with Crippen LogP contribution in [0.5, 0.6) is 0 Å². The lowest BCUT2D eigenvalue weighted by Gasteiger charge is -2.35. The average Bonchev–Trinajstić information content (AvgIpc) is 3.15. The SMILES string of the molecule is O=C(c1cccc(N2CCCC2=O)c1)N1CCN(Cc2ccncc2)CC1. The van der Waals surface area contributed by atoms with Crippen LogP contribution in [0.1, 0.15) is 28.8 Å². The summed E-state index contributed by atoms with van der Waals surface area (Å²) >= 11 is 0. The molecule has 2 amide bonds. The number of pyridine rings is 1. The van der Waals surface area contributed by atoms with Crippen LogP contribution in [0.4, 0.5) is 5.69 Å². The van der Waals surface area contributed by atoms with Crippen molar-refractivity contribution in [2.24, 2.45) is 0 Å². The Labute approximate surface area is 159 Å². The lowest BCUT2D eigenvalue weighted by molar-refractivity contribution is -0.117. The minimum atomic E-state index is 0.0482. The van der Waals surface area contributed by atoms with Crippen molar-refractivity contribution < 1.29 is 9.59 Å². The maximum absolute atomic E-state index is 12.9. The van der Waals surface area contributed by atoms with E-state index >= 15 is 0 Å². The molecule has 1 aromatic heterocycles. The van der Waals surface area contributed by atoms with Gasteiger partial charge in [0.15, 0.2) is 0 Å². The predicted molar refractivity (Wildman–Crippen MR) is 103 cm³/mol. The van der Waals surface area contributed by atoms with Gasteiger partial charge in [0.1, 0.15) is 0 Å². The maximum atomic E-state index is 12.9. The van der Waals surface area contributed by atoms with E-state index in [2.05, 4.69) is 9.88 Å². The molecule has 0 radical (unpaired) electrons. The largest absolute Gasteiger partial charge is 0.336 e. The molecule has 4 rings (SSSR count).